The zero-order valence-corrected chi connectivity index (χ0v) is 13.1. The molecule has 1 aromatic carbocycles. The van der Waals surface area contributed by atoms with Crippen molar-refractivity contribution in [2.75, 3.05) is 19.0 Å². The maximum atomic E-state index is 5.02. The fraction of sp³-hybridized carbons (Fsp3) is 0.267. The number of aromatic nitrogens is 4. The maximum Gasteiger partial charge on any atom is 0.208 e. The SMILES string of the molecule is COCCc1nsc(Nc2ccn(Cc3ccccc3)n2)n1. The van der Waals surface area contributed by atoms with Crippen molar-refractivity contribution in [2.45, 2.75) is 13.0 Å². The van der Waals surface area contributed by atoms with E-state index in [4.69, 9.17) is 4.74 Å². The zero-order valence-electron chi connectivity index (χ0n) is 12.3. The van der Waals surface area contributed by atoms with Gasteiger partial charge in [-0.15, -0.1) is 0 Å². The van der Waals surface area contributed by atoms with Gasteiger partial charge in [0.25, 0.3) is 0 Å². The molecule has 0 aliphatic carbocycles. The van der Waals surface area contributed by atoms with E-state index >= 15 is 0 Å². The smallest absolute Gasteiger partial charge is 0.208 e. The van der Waals surface area contributed by atoms with Gasteiger partial charge in [-0.05, 0) is 5.56 Å². The maximum absolute atomic E-state index is 5.02. The van der Waals surface area contributed by atoms with E-state index in [0.29, 0.717) is 6.61 Å². The average molecular weight is 315 g/mol. The summed E-state index contributed by atoms with van der Waals surface area (Å²) in [6, 6.07) is 12.2. The van der Waals surface area contributed by atoms with Crippen LogP contribution < -0.4 is 5.32 Å². The van der Waals surface area contributed by atoms with E-state index in [1.807, 2.05) is 35.1 Å². The van der Waals surface area contributed by atoms with Gasteiger partial charge in [-0.2, -0.15) is 9.47 Å². The van der Waals surface area contributed by atoms with Crippen molar-refractivity contribution in [1.29, 1.82) is 0 Å². The Bertz CT molecular complexity index is 710. The van der Waals surface area contributed by atoms with E-state index in [0.717, 1.165) is 29.7 Å². The van der Waals surface area contributed by atoms with E-state index in [-0.39, 0.29) is 0 Å². The highest BCUT2D eigenvalue weighted by molar-refractivity contribution is 7.09. The second kappa shape index (κ2) is 7.15. The van der Waals surface area contributed by atoms with Gasteiger partial charge >= 0.3 is 0 Å². The van der Waals surface area contributed by atoms with Crippen molar-refractivity contribution in [3.05, 3.63) is 54.0 Å². The van der Waals surface area contributed by atoms with E-state index in [1.165, 1.54) is 17.1 Å². The minimum absolute atomic E-state index is 0.627. The molecule has 7 heteroatoms. The Hall–Kier alpha value is -2.25. The Morgan fingerprint density at radius 1 is 1.23 bits per heavy atom. The second-order valence-corrected chi connectivity index (χ2v) is 5.52. The molecule has 0 unspecified atom stereocenters. The fourth-order valence-corrected chi connectivity index (χ4v) is 2.62. The molecule has 1 N–H and O–H groups in total. The van der Waals surface area contributed by atoms with Crippen molar-refractivity contribution in [3.8, 4) is 0 Å². The molecule has 114 valence electrons. The van der Waals surface area contributed by atoms with Crippen LogP contribution in [0.2, 0.25) is 0 Å². The van der Waals surface area contributed by atoms with Crippen molar-refractivity contribution < 1.29 is 4.74 Å². The van der Waals surface area contributed by atoms with Crippen molar-refractivity contribution >= 4 is 22.5 Å². The second-order valence-electron chi connectivity index (χ2n) is 4.77. The molecule has 0 aliphatic rings. The van der Waals surface area contributed by atoms with Crippen molar-refractivity contribution in [3.63, 3.8) is 0 Å². The number of hydrogen-bond acceptors (Lipinski definition) is 6. The zero-order chi connectivity index (χ0) is 15.2. The number of hydrogen-bond donors (Lipinski definition) is 1. The van der Waals surface area contributed by atoms with Crippen LogP contribution in [0.5, 0.6) is 0 Å². The predicted molar refractivity (Wildman–Crippen MR) is 86.5 cm³/mol. The molecule has 0 aliphatic heterocycles. The van der Waals surface area contributed by atoms with Gasteiger partial charge in [0.1, 0.15) is 5.82 Å². The van der Waals surface area contributed by atoms with Gasteiger partial charge < -0.3 is 10.1 Å². The lowest BCUT2D eigenvalue weighted by Crippen LogP contribution is -2.01. The quantitative estimate of drug-likeness (QED) is 0.726. The van der Waals surface area contributed by atoms with Gasteiger partial charge in [0.2, 0.25) is 5.13 Å². The molecule has 2 aromatic heterocycles. The molecule has 0 amide bonds. The van der Waals surface area contributed by atoms with E-state index in [1.54, 1.807) is 7.11 Å². The summed E-state index contributed by atoms with van der Waals surface area (Å²) < 4.78 is 11.2. The standard InChI is InChI=1S/C15H17N5OS/c1-21-10-8-14-17-15(22-19-14)16-13-7-9-20(18-13)11-12-5-3-2-4-6-12/h2-7,9H,8,10-11H2,1H3,(H,16,17,18,19). The Morgan fingerprint density at radius 3 is 2.91 bits per heavy atom. The first kappa shape index (κ1) is 14.7. The molecule has 0 fully saturated rings. The van der Waals surface area contributed by atoms with Crippen LogP contribution in [0.25, 0.3) is 0 Å². The number of rotatable bonds is 7. The van der Waals surface area contributed by atoms with E-state index < -0.39 is 0 Å². The molecular weight excluding hydrogens is 298 g/mol. The molecule has 0 saturated heterocycles. The summed E-state index contributed by atoms with van der Waals surface area (Å²) in [7, 11) is 1.67. The van der Waals surface area contributed by atoms with Gasteiger partial charge in [-0.25, -0.2) is 4.98 Å². The van der Waals surface area contributed by atoms with Crippen LogP contribution in [-0.2, 0) is 17.7 Å². The Labute approximate surface area is 132 Å². The third-order valence-electron chi connectivity index (χ3n) is 3.06. The fourth-order valence-electron chi connectivity index (χ4n) is 2.00. The van der Waals surface area contributed by atoms with Gasteiger partial charge in [0.15, 0.2) is 5.82 Å². The first-order valence-electron chi connectivity index (χ1n) is 6.99. The van der Waals surface area contributed by atoms with Gasteiger partial charge in [-0.1, -0.05) is 30.3 Å². The number of nitrogens with zero attached hydrogens (tertiary/aromatic N) is 4. The van der Waals surface area contributed by atoms with Crippen LogP contribution >= 0.6 is 11.5 Å². The van der Waals surface area contributed by atoms with Crippen LogP contribution in [0.3, 0.4) is 0 Å². The van der Waals surface area contributed by atoms with E-state index in [2.05, 4.69) is 31.9 Å². The number of methoxy groups -OCH3 is 1. The Kier molecular flexibility index (Phi) is 4.77. The third kappa shape index (κ3) is 3.90. The lowest BCUT2D eigenvalue weighted by molar-refractivity contribution is 0.201. The van der Waals surface area contributed by atoms with E-state index in [9.17, 15) is 0 Å². The minimum atomic E-state index is 0.627. The van der Waals surface area contributed by atoms with Crippen LogP contribution in [0.1, 0.15) is 11.4 Å². The lowest BCUT2D eigenvalue weighted by Gasteiger charge is -2.01. The highest BCUT2D eigenvalue weighted by Crippen LogP contribution is 2.17. The third-order valence-corrected chi connectivity index (χ3v) is 3.73. The van der Waals surface area contributed by atoms with Crippen molar-refractivity contribution in [2.24, 2.45) is 0 Å². The normalized spacial score (nSPS) is 10.8. The summed E-state index contributed by atoms with van der Waals surface area (Å²) in [6.07, 6.45) is 2.67. The van der Waals surface area contributed by atoms with Crippen molar-refractivity contribution in [1.82, 2.24) is 19.1 Å². The monoisotopic (exact) mass is 315 g/mol. The molecule has 0 spiro atoms. The molecule has 22 heavy (non-hydrogen) atoms. The molecule has 3 aromatic rings. The lowest BCUT2D eigenvalue weighted by atomic mass is 10.2. The minimum Gasteiger partial charge on any atom is -0.384 e. The molecule has 0 radical (unpaired) electrons. The summed E-state index contributed by atoms with van der Waals surface area (Å²) in [5.41, 5.74) is 1.22. The molecule has 0 bridgehead atoms. The summed E-state index contributed by atoms with van der Waals surface area (Å²) in [5.74, 6) is 1.56. The first-order valence-corrected chi connectivity index (χ1v) is 7.77. The highest BCUT2D eigenvalue weighted by atomic mass is 32.1. The predicted octanol–water partition coefficient (Wildman–Crippen LogP) is 2.72. The average Bonchev–Trinajstić information content (AvgIpc) is 3.16. The highest BCUT2D eigenvalue weighted by Gasteiger charge is 2.06. The summed E-state index contributed by atoms with van der Waals surface area (Å²) in [5, 5.41) is 8.42. The number of anilines is 2. The summed E-state index contributed by atoms with van der Waals surface area (Å²) in [4.78, 5) is 4.40. The molecule has 0 saturated carbocycles. The molecular formula is C15H17N5OS. The van der Waals surface area contributed by atoms with Crippen LogP contribution in [0.4, 0.5) is 10.9 Å². The molecule has 6 nitrogen and oxygen atoms in total. The van der Waals surface area contributed by atoms with Crippen LogP contribution in [0, 0.1) is 0 Å². The van der Waals surface area contributed by atoms with Gasteiger partial charge in [-0.3, -0.25) is 4.68 Å². The Balaban J connectivity index is 1.60. The molecule has 2 heterocycles. The van der Waals surface area contributed by atoms with Gasteiger partial charge in [0, 0.05) is 37.3 Å². The Morgan fingerprint density at radius 2 is 2.09 bits per heavy atom. The number of ether oxygens (including phenoxy) is 1. The topological polar surface area (TPSA) is 64.9 Å². The largest absolute Gasteiger partial charge is 0.384 e. The van der Waals surface area contributed by atoms with Crippen LogP contribution in [0.15, 0.2) is 42.6 Å². The first-order chi connectivity index (χ1) is 10.8. The molecule has 0 atom stereocenters. The number of benzene rings is 1. The van der Waals surface area contributed by atoms with Crippen LogP contribution in [-0.4, -0.2) is 32.9 Å². The number of nitrogens with one attached hydrogen (secondary N) is 1. The summed E-state index contributed by atoms with van der Waals surface area (Å²) >= 11 is 1.33. The van der Waals surface area contributed by atoms with Gasteiger partial charge in [0.05, 0.1) is 13.2 Å². The molecule has 3 rings (SSSR count). The summed E-state index contributed by atoms with van der Waals surface area (Å²) in [6.45, 7) is 1.37.